The van der Waals surface area contributed by atoms with Crippen molar-refractivity contribution in [2.75, 3.05) is 0 Å². The van der Waals surface area contributed by atoms with Gasteiger partial charge in [0.2, 0.25) is 0 Å². The quantitative estimate of drug-likeness (QED) is 0.710. The van der Waals surface area contributed by atoms with Crippen LogP contribution in [-0.2, 0) is 0 Å². The van der Waals surface area contributed by atoms with Crippen LogP contribution in [0.5, 0.6) is 0 Å². The van der Waals surface area contributed by atoms with E-state index in [2.05, 4.69) is 15.0 Å². The molecule has 0 saturated heterocycles. The van der Waals surface area contributed by atoms with E-state index in [0.717, 1.165) is 11.4 Å². The summed E-state index contributed by atoms with van der Waals surface area (Å²) in [5, 5.41) is 1.94. The lowest BCUT2D eigenvalue weighted by Crippen LogP contribution is -1.84. The van der Waals surface area contributed by atoms with Gasteiger partial charge in [-0.1, -0.05) is 12.2 Å². The molecule has 0 aromatic carbocycles. The van der Waals surface area contributed by atoms with E-state index in [0.29, 0.717) is 4.64 Å². The molecule has 12 heavy (non-hydrogen) atoms. The van der Waals surface area contributed by atoms with Gasteiger partial charge in [-0.3, -0.25) is 0 Å². The van der Waals surface area contributed by atoms with Crippen LogP contribution in [0.25, 0.3) is 11.4 Å². The first-order valence-corrected chi connectivity index (χ1v) is 4.64. The number of rotatable bonds is 1. The van der Waals surface area contributed by atoms with Gasteiger partial charge in [-0.15, -0.1) is 11.3 Å². The highest BCUT2D eigenvalue weighted by atomic mass is 32.1. The SMILES string of the molecule is S=c1cnc(-c2cscn2)c[nH]1. The molecule has 60 valence electrons. The van der Waals surface area contributed by atoms with E-state index in [-0.39, 0.29) is 0 Å². The first kappa shape index (κ1) is 7.57. The highest BCUT2D eigenvalue weighted by Crippen LogP contribution is 2.14. The van der Waals surface area contributed by atoms with Gasteiger partial charge in [-0.2, -0.15) is 0 Å². The predicted octanol–water partition coefficient (Wildman–Crippen LogP) is 2.26. The van der Waals surface area contributed by atoms with Crippen molar-refractivity contribution < 1.29 is 0 Å². The van der Waals surface area contributed by atoms with E-state index in [9.17, 15) is 0 Å². The van der Waals surface area contributed by atoms with Gasteiger partial charge in [0.05, 0.1) is 11.7 Å². The predicted molar refractivity (Wildman–Crippen MR) is 50.5 cm³/mol. The van der Waals surface area contributed by atoms with Crippen LogP contribution in [0.4, 0.5) is 0 Å². The zero-order valence-electron chi connectivity index (χ0n) is 6.02. The number of hydrogen-bond acceptors (Lipinski definition) is 4. The fourth-order valence-corrected chi connectivity index (χ4v) is 1.48. The zero-order chi connectivity index (χ0) is 8.39. The van der Waals surface area contributed by atoms with Crippen LogP contribution in [0.2, 0.25) is 0 Å². The van der Waals surface area contributed by atoms with Crippen LogP contribution in [0.3, 0.4) is 0 Å². The van der Waals surface area contributed by atoms with Gasteiger partial charge in [0, 0.05) is 11.6 Å². The number of thiazole rings is 1. The molecule has 0 fully saturated rings. The maximum Gasteiger partial charge on any atom is 0.121 e. The van der Waals surface area contributed by atoms with Crippen LogP contribution in [0.1, 0.15) is 0 Å². The normalized spacial score (nSPS) is 10.0. The summed E-state index contributed by atoms with van der Waals surface area (Å²) < 4.78 is 0.633. The first-order valence-electron chi connectivity index (χ1n) is 3.29. The van der Waals surface area contributed by atoms with Gasteiger partial charge in [-0.25, -0.2) is 9.97 Å². The topological polar surface area (TPSA) is 41.6 Å². The third kappa shape index (κ3) is 1.41. The molecule has 1 N–H and O–H groups in total. The summed E-state index contributed by atoms with van der Waals surface area (Å²) in [6.45, 7) is 0. The van der Waals surface area contributed by atoms with E-state index < -0.39 is 0 Å². The summed E-state index contributed by atoms with van der Waals surface area (Å²) >= 11 is 6.41. The molecule has 0 spiro atoms. The molecule has 2 rings (SSSR count). The second-order valence-corrected chi connectivity index (χ2v) is 3.33. The van der Waals surface area contributed by atoms with Crippen molar-refractivity contribution in [3.05, 3.63) is 27.9 Å². The van der Waals surface area contributed by atoms with Gasteiger partial charge < -0.3 is 4.98 Å². The number of aromatic nitrogens is 3. The van der Waals surface area contributed by atoms with E-state index in [4.69, 9.17) is 12.2 Å². The zero-order valence-corrected chi connectivity index (χ0v) is 7.65. The summed E-state index contributed by atoms with van der Waals surface area (Å²) in [5.41, 5.74) is 3.48. The maximum atomic E-state index is 4.87. The Hall–Kier alpha value is -1.07. The molecule has 3 nitrogen and oxygen atoms in total. The van der Waals surface area contributed by atoms with Crippen molar-refractivity contribution in [1.29, 1.82) is 0 Å². The van der Waals surface area contributed by atoms with Crippen molar-refractivity contribution >= 4 is 23.6 Å². The van der Waals surface area contributed by atoms with E-state index in [1.165, 1.54) is 0 Å². The van der Waals surface area contributed by atoms with Gasteiger partial charge in [-0.05, 0) is 0 Å². The minimum Gasteiger partial charge on any atom is -0.349 e. The lowest BCUT2D eigenvalue weighted by Gasteiger charge is -1.92. The molecule has 0 aliphatic heterocycles. The van der Waals surface area contributed by atoms with Crippen LogP contribution in [0, 0.1) is 4.64 Å². The van der Waals surface area contributed by atoms with E-state index in [1.807, 2.05) is 5.38 Å². The molecular weight excluding hydrogens is 190 g/mol. The standard InChI is InChI=1S/C7H5N3S2/c11-7-2-8-5(1-9-7)6-3-12-4-10-6/h1-4H,(H,9,11). The average molecular weight is 195 g/mol. The lowest BCUT2D eigenvalue weighted by atomic mass is 10.4. The molecule has 0 unspecified atom stereocenters. The van der Waals surface area contributed by atoms with Crippen molar-refractivity contribution in [2.45, 2.75) is 0 Å². The Morgan fingerprint density at radius 1 is 1.33 bits per heavy atom. The summed E-state index contributed by atoms with van der Waals surface area (Å²) in [4.78, 5) is 11.2. The van der Waals surface area contributed by atoms with Crippen LogP contribution >= 0.6 is 23.6 Å². The minimum absolute atomic E-state index is 0.633. The number of hydrogen-bond donors (Lipinski definition) is 1. The van der Waals surface area contributed by atoms with Crippen LogP contribution in [-0.4, -0.2) is 15.0 Å². The van der Waals surface area contributed by atoms with Crippen molar-refractivity contribution in [3.8, 4) is 11.4 Å². The summed E-state index contributed by atoms with van der Waals surface area (Å²) in [5.74, 6) is 0. The molecule has 0 aliphatic carbocycles. The highest BCUT2D eigenvalue weighted by Gasteiger charge is 1.98. The Morgan fingerprint density at radius 2 is 2.25 bits per heavy atom. The molecule has 2 aromatic heterocycles. The van der Waals surface area contributed by atoms with Gasteiger partial charge in [0.1, 0.15) is 16.0 Å². The fraction of sp³-hybridized carbons (Fsp3) is 0. The molecular formula is C7H5N3S2. The number of aromatic amines is 1. The van der Waals surface area contributed by atoms with Gasteiger partial charge >= 0.3 is 0 Å². The summed E-state index contributed by atoms with van der Waals surface area (Å²) in [6.07, 6.45) is 3.38. The second-order valence-electron chi connectivity index (χ2n) is 2.17. The Balaban J connectivity index is 2.49. The summed E-state index contributed by atoms with van der Waals surface area (Å²) in [6, 6.07) is 0. The third-order valence-corrected chi connectivity index (χ3v) is 2.18. The van der Waals surface area contributed by atoms with Crippen molar-refractivity contribution in [2.24, 2.45) is 0 Å². The minimum atomic E-state index is 0.633. The molecule has 0 atom stereocenters. The Labute approximate surface area is 78.1 Å². The average Bonchev–Trinajstić information content (AvgIpc) is 2.58. The van der Waals surface area contributed by atoms with Crippen LogP contribution in [0.15, 0.2) is 23.3 Å². The Bertz CT molecular complexity index is 398. The first-order chi connectivity index (χ1) is 5.86. The van der Waals surface area contributed by atoms with Crippen LogP contribution < -0.4 is 0 Å². The molecule has 0 aliphatic rings. The molecule has 0 radical (unpaired) electrons. The molecule has 0 saturated carbocycles. The van der Waals surface area contributed by atoms with Gasteiger partial charge in [0.25, 0.3) is 0 Å². The lowest BCUT2D eigenvalue weighted by molar-refractivity contribution is 1.17. The van der Waals surface area contributed by atoms with Gasteiger partial charge in [0.15, 0.2) is 0 Å². The highest BCUT2D eigenvalue weighted by molar-refractivity contribution is 7.71. The fourth-order valence-electron chi connectivity index (χ4n) is 0.821. The Kier molecular flexibility index (Phi) is 1.97. The molecule has 2 heterocycles. The molecule has 2 aromatic rings. The number of H-pyrrole nitrogens is 1. The maximum absolute atomic E-state index is 4.87. The smallest absolute Gasteiger partial charge is 0.121 e. The summed E-state index contributed by atoms with van der Waals surface area (Å²) in [7, 11) is 0. The monoisotopic (exact) mass is 195 g/mol. The largest absolute Gasteiger partial charge is 0.349 e. The van der Waals surface area contributed by atoms with E-state index >= 15 is 0 Å². The number of nitrogens with zero attached hydrogens (tertiary/aromatic N) is 2. The number of nitrogens with one attached hydrogen (secondary N) is 1. The molecule has 0 bridgehead atoms. The van der Waals surface area contributed by atoms with E-state index in [1.54, 1.807) is 29.2 Å². The third-order valence-electron chi connectivity index (χ3n) is 1.37. The molecule has 5 heteroatoms. The van der Waals surface area contributed by atoms with Crippen molar-refractivity contribution in [3.63, 3.8) is 0 Å². The second kappa shape index (κ2) is 3.12. The molecule has 0 amide bonds. The van der Waals surface area contributed by atoms with Crippen molar-refractivity contribution in [1.82, 2.24) is 15.0 Å². The Morgan fingerprint density at radius 3 is 2.83 bits per heavy atom.